The maximum Gasteiger partial charge on any atom is 0.0231 e. The van der Waals surface area contributed by atoms with Crippen LogP contribution in [0.3, 0.4) is 0 Å². The number of thioether (sulfide) groups is 1. The van der Waals surface area contributed by atoms with Crippen LogP contribution < -0.4 is 0 Å². The van der Waals surface area contributed by atoms with Gasteiger partial charge in [0.2, 0.25) is 0 Å². The minimum absolute atomic E-state index is 0.412. The molecule has 1 fully saturated rings. The van der Waals surface area contributed by atoms with E-state index in [2.05, 4.69) is 49.7 Å². The van der Waals surface area contributed by atoms with Crippen molar-refractivity contribution in [3.05, 3.63) is 12.2 Å². The predicted octanol–water partition coefficient (Wildman–Crippen LogP) is 2.30. The molecular formula is C10H19NS2. The summed E-state index contributed by atoms with van der Waals surface area (Å²) in [6.07, 6.45) is 0. The molecule has 0 unspecified atom stereocenters. The molecule has 1 rings (SSSR count). The monoisotopic (exact) mass is 217 g/mol. The topological polar surface area (TPSA) is 3.24 Å². The number of hydrogen-bond acceptors (Lipinski definition) is 3. The second kappa shape index (κ2) is 4.76. The highest BCUT2D eigenvalue weighted by Crippen LogP contribution is 2.29. The third-order valence-corrected chi connectivity index (χ3v) is 3.92. The van der Waals surface area contributed by atoms with Crippen molar-refractivity contribution >= 4 is 24.4 Å². The molecule has 1 saturated heterocycles. The fourth-order valence-electron chi connectivity index (χ4n) is 1.62. The zero-order valence-electron chi connectivity index (χ0n) is 8.55. The maximum absolute atomic E-state index is 4.23. The van der Waals surface area contributed by atoms with Crippen LogP contribution in [0.15, 0.2) is 12.2 Å². The van der Waals surface area contributed by atoms with Crippen molar-refractivity contribution in [3.63, 3.8) is 0 Å². The molecule has 1 aliphatic heterocycles. The lowest BCUT2D eigenvalue weighted by Crippen LogP contribution is -2.43. The smallest absolute Gasteiger partial charge is 0.0231 e. The molecule has 0 saturated carbocycles. The molecule has 0 aromatic heterocycles. The molecule has 0 amide bonds. The first-order valence-electron chi connectivity index (χ1n) is 4.67. The Balaban J connectivity index is 2.39. The van der Waals surface area contributed by atoms with Gasteiger partial charge >= 0.3 is 0 Å². The zero-order valence-corrected chi connectivity index (χ0v) is 10.3. The number of hydrogen-bond donors (Lipinski definition) is 1. The molecule has 0 N–H and O–H groups in total. The minimum Gasteiger partial charge on any atom is -0.297 e. The van der Waals surface area contributed by atoms with E-state index in [4.69, 9.17) is 0 Å². The SMILES string of the molecule is C=C(CS)CN1CCSC(C)(C)C1. The second-order valence-corrected chi connectivity index (χ2v) is 6.35. The summed E-state index contributed by atoms with van der Waals surface area (Å²) in [5.41, 5.74) is 1.23. The van der Waals surface area contributed by atoms with Crippen LogP contribution in [0.2, 0.25) is 0 Å². The van der Waals surface area contributed by atoms with Gasteiger partial charge in [-0.3, -0.25) is 4.90 Å². The van der Waals surface area contributed by atoms with E-state index in [0.717, 1.165) is 12.3 Å². The van der Waals surface area contributed by atoms with Gasteiger partial charge in [0.05, 0.1) is 0 Å². The summed E-state index contributed by atoms with van der Waals surface area (Å²) < 4.78 is 0.412. The molecule has 0 aliphatic carbocycles. The standard InChI is InChI=1S/C10H19NS2/c1-9(7-12)6-11-4-5-13-10(2,3)8-11/h12H,1,4-8H2,2-3H3. The van der Waals surface area contributed by atoms with E-state index in [1.165, 1.54) is 24.4 Å². The molecule has 0 radical (unpaired) electrons. The highest BCUT2D eigenvalue weighted by atomic mass is 32.2. The summed E-state index contributed by atoms with van der Waals surface area (Å²) in [7, 11) is 0. The van der Waals surface area contributed by atoms with Gasteiger partial charge in [-0.1, -0.05) is 12.2 Å². The van der Waals surface area contributed by atoms with Crippen molar-refractivity contribution in [3.8, 4) is 0 Å². The van der Waals surface area contributed by atoms with Crippen LogP contribution in [0.1, 0.15) is 13.8 Å². The number of thiol groups is 1. The Hall–Kier alpha value is 0.400. The van der Waals surface area contributed by atoms with Crippen molar-refractivity contribution < 1.29 is 0 Å². The number of nitrogens with zero attached hydrogens (tertiary/aromatic N) is 1. The van der Waals surface area contributed by atoms with E-state index in [1.807, 2.05) is 0 Å². The Morgan fingerprint density at radius 2 is 2.31 bits per heavy atom. The molecule has 1 aliphatic rings. The Bertz CT molecular complexity index is 189. The van der Waals surface area contributed by atoms with Gasteiger partial charge in [-0.15, -0.1) is 0 Å². The predicted molar refractivity (Wildman–Crippen MR) is 66.0 cm³/mol. The molecule has 3 heteroatoms. The molecule has 0 bridgehead atoms. The lowest BCUT2D eigenvalue weighted by molar-refractivity contribution is 0.282. The van der Waals surface area contributed by atoms with E-state index in [1.54, 1.807) is 0 Å². The van der Waals surface area contributed by atoms with E-state index >= 15 is 0 Å². The Morgan fingerprint density at radius 1 is 1.62 bits per heavy atom. The lowest BCUT2D eigenvalue weighted by atomic mass is 10.1. The van der Waals surface area contributed by atoms with Crippen LogP contribution in [-0.2, 0) is 0 Å². The van der Waals surface area contributed by atoms with E-state index in [9.17, 15) is 0 Å². The van der Waals surface area contributed by atoms with Crippen molar-refractivity contribution in [1.82, 2.24) is 4.90 Å². The van der Waals surface area contributed by atoms with Crippen molar-refractivity contribution in [2.45, 2.75) is 18.6 Å². The third kappa shape index (κ3) is 3.96. The fraction of sp³-hybridized carbons (Fsp3) is 0.800. The van der Waals surface area contributed by atoms with Gasteiger partial charge in [0.25, 0.3) is 0 Å². The molecule has 0 aromatic carbocycles. The molecule has 0 spiro atoms. The second-order valence-electron chi connectivity index (χ2n) is 4.23. The molecule has 0 atom stereocenters. The third-order valence-electron chi connectivity index (χ3n) is 2.18. The fourth-order valence-corrected chi connectivity index (χ4v) is 2.89. The largest absolute Gasteiger partial charge is 0.297 e. The molecule has 76 valence electrons. The van der Waals surface area contributed by atoms with Crippen LogP contribution >= 0.6 is 24.4 Å². The highest BCUT2D eigenvalue weighted by Gasteiger charge is 2.26. The van der Waals surface area contributed by atoms with Gasteiger partial charge in [0.15, 0.2) is 0 Å². The summed E-state index contributed by atoms with van der Waals surface area (Å²) >= 11 is 6.30. The van der Waals surface area contributed by atoms with Crippen LogP contribution in [0.4, 0.5) is 0 Å². The summed E-state index contributed by atoms with van der Waals surface area (Å²) in [6, 6.07) is 0. The Morgan fingerprint density at radius 3 is 2.85 bits per heavy atom. The van der Waals surface area contributed by atoms with Crippen molar-refractivity contribution in [2.75, 3.05) is 31.1 Å². The highest BCUT2D eigenvalue weighted by molar-refractivity contribution is 8.00. The van der Waals surface area contributed by atoms with Crippen LogP contribution in [0, 0.1) is 0 Å². The van der Waals surface area contributed by atoms with Gasteiger partial charge in [0, 0.05) is 35.9 Å². The number of rotatable bonds is 3. The average molecular weight is 217 g/mol. The lowest BCUT2D eigenvalue weighted by Gasteiger charge is -2.37. The zero-order chi connectivity index (χ0) is 9.90. The first-order valence-corrected chi connectivity index (χ1v) is 6.29. The first kappa shape index (κ1) is 11.5. The first-order chi connectivity index (χ1) is 6.03. The van der Waals surface area contributed by atoms with E-state index in [0.29, 0.717) is 4.75 Å². The molecule has 13 heavy (non-hydrogen) atoms. The summed E-state index contributed by atoms with van der Waals surface area (Å²) in [5, 5.41) is 0. The average Bonchev–Trinajstić information content (AvgIpc) is 2.02. The molecule has 1 heterocycles. The van der Waals surface area contributed by atoms with Crippen molar-refractivity contribution in [1.29, 1.82) is 0 Å². The van der Waals surface area contributed by atoms with E-state index in [-0.39, 0.29) is 0 Å². The molecule has 1 nitrogen and oxygen atoms in total. The normalized spacial score (nSPS) is 23.0. The van der Waals surface area contributed by atoms with Gasteiger partial charge in [-0.05, 0) is 13.8 Å². The van der Waals surface area contributed by atoms with Crippen LogP contribution in [0.5, 0.6) is 0 Å². The summed E-state index contributed by atoms with van der Waals surface area (Å²) in [5.74, 6) is 2.05. The quantitative estimate of drug-likeness (QED) is 0.571. The summed E-state index contributed by atoms with van der Waals surface area (Å²) in [6.45, 7) is 12.0. The van der Waals surface area contributed by atoms with Gasteiger partial charge < -0.3 is 0 Å². The van der Waals surface area contributed by atoms with Crippen LogP contribution in [-0.4, -0.2) is 40.8 Å². The van der Waals surface area contributed by atoms with Crippen LogP contribution in [0.25, 0.3) is 0 Å². The Labute approximate surface area is 91.4 Å². The van der Waals surface area contributed by atoms with Gasteiger partial charge in [-0.25, -0.2) is 0 Å². The molecule has 0 aromatic rings. The van der Waals surface area contributed by atoms with Gasteiger partial charge in [0.1, 0.15) is 0 Å². The van der Waals surface area contributed by atoms with E-state index < -0.39 is 0 Å². The minimum atomic E-state index is 0.412. The van der Waals surface area contributed by atoms with Gasteiger partial charge in [-0.2, -0.15) is 24.4 Å². The maximum atomic E-state index is 4.23. The van der Waals surface area contributed by atoms with Crippen molar-refractivity contribution in [2.24, 2.45) is 0 Å². The summed E-state index contributed by atoms with van der Waals surface area (Å²) in [4.78, 5) is 2.48. The Kier molecular flexibility index (Phi) is 4.20. The molecular weight excluding hydrogens is 198 g/mol.